The average Bonchev–Trinajstić information content (AvgIpc) is 3.43. The molecule has 1 atom stereocenters. The van der Waals surface area contributed by atoms with E-state index in [1.165, 1.54) is 18.5 Å². The number of nitrogens with zero attached hydrogens (tertiary/aromatic N) is 3. The molecule has 152 valence electrons. The fraction of sp³-hybridized carbons (Fsp3) is 0.364. The molecule has 1 aromatic heterocycles. The van der Waals surface area contributed by atoms with E-state index in [1.54, 1.807) is 6.92 Å². The van der Waals surface area contributed by atoms with Crippen molar-refractivity contribution in [2.45, 2.75) is 51.6 Å². The Balaban J connectivity index is 1.76. The molecule has 0 bridgehead atoms. The highest BCUT2D eigenvalue weighted by molar-refractivity contribution is 5.67. The predicted octanol–water partition coefficient (Wildman–Crippen LogP) is 4.02. The average molecular weight is 400 g/mol. The monoisotopic (exact) mass is 400 g/mol. The Labute approximate surface area is 167 Å². The molecule has 1 saturated carbocycles. The van der Waals surface area contributed by atoms with Crippen LogP contribution in [-0.4, -0.2) is 20.4 Å². The minimum Gasteiger partial charge on any atom is -0.363 e. The first kappa shape index (κ1) is 19.5. The van der Waals surface area contributed by atoms with E-state index in [1.807, 2.05) is 13.1 Å². The van der Waals surface area contributed by atoms with Crippen LogP contribution < -0.4 is 15.9 Å². The first-order valence-electron chi connectivity index (χ1n) is 9.58. The molecule has 0 unspecified atom stereocenters. The number of halogens is 3. The van der Waals surface area contributed by atoms with Crippen LogP contribution in [-0.2, 0) is 0 Å². The Bertz CT molecular complexity index is 1110. The van der Waals surface area contributed by atoms with Crippen molar-refractivity contribution in [3.8, 4) is 0 Å². The molecule has 1 fully saturated rings. The van der Waals surface area contributed by atoms with Gasteiger partial charge in [0.1, 0.15) is 18.0 Å². The molecule has 1 aromatic carbocycles. The van der Waals surface area contributed by atoms with Gasteiger partial charge in [0, 0.05) is 23.0 Å². The van der Waals surface area contributed by atoms with Crippen molar-refractivity contribution >= 4 is 17.6 Å². The summed E-state index contributed by atoms with van der Waals surface area (Å²) in [6.07, 6.45) is 2.71. The maximum absolute atomic E-state index is 14.6. The lowest BCUT2D eigenvalue weighted by Gasteiger charge is -2.32. The number of fused-ring (bicyclic) bond motifs is 1. The molecule has 1 aliphatic heterocycles. The molecule has 1 aliphatic carbocycles. The van der Waals surface area contributed by atoms with E-state index < -0.39 is 23.8 Å². The number of hydrogen-bond acceptors (Lipinski definition) is 4. The number of alkyl halides is 2. The van der Waals surface area contributed by atoms with E-state index in [4.69, 9.17) is 0 Å². The molecule has 29 heavy (non-hydrogen) atoms. The Kier molecular flexibility index (Phi) is 4.63. The first-order chi connectivity index (χ1) is 13.7. The summed E-state index contributed by atoms with van der Waals surface area (Å²) >= 11 is 0. The Morgan fingerprint density at radius 2 is 1.90 bits per heavy atom. The SMILES string of the molecule is C=C1C(C)=c2ncnc(N[C@H](C)c3cccc(C(F)F)c3F)c2=CN1C1(C)CC1. The van der Waals surface area contributed by atoms with Gasteiger partial charge in [-0.2, -0.15) is 0 Å². The van der Waals surface area contributed by atoms with Gasteiger partial charge in [0.25, 0.3) is 6.43 Å². The van der Waals surface area contributed by atoms with Crippen molar-refractivity contribution in [2.75, 3.05) is 5.32 Å². The Morgan fingerprint density at radius 1 is 1.21 bits per heavy atom. The molecule has 0 spiro atoms. The van der Waals surface area contributed by atoms with Gasteiger partial charge < -0.3 is 10.2 Å². The van der Waals surface area contributed by atoms with Crippen molar-refractivity contribution in [1.29, 1.82) is 0 Å². The lowest BCUT2D eigenvalue weighted by atomic mass is 10.0. The number of nitrogens with one attached hydrogen (secondary N) is 1. The molecule has 0 amide bonds. The van der Waals surface area contributed by atoms with Crippen LogP contribution in [0.3, 0.4) is 0 Å². The molecule has 2 aliphatic rings. The molecule has 1 N–H and O–H groups in total. The quantitative estimate of drug-likeness (QED) is 0.823. The van der Waals surface area contributed by atoms with Crippen molar-refractivity contribution < 1.29 is 13.2 Å². The third-order valence-corrected chi connectivity index (χ3v) is 5.89. The molecule has 4 rings (SSSR count). The molecule has 0 saturated heterocycles. The van der Waals surface area contributed by atoms with E-state index in [9.17, 15) is 13.2 Å². The normalized spacial score (nSPS) is 18.4. The minimum absolute atomic E-state index is 0.0342. The summed E-state index contributed by atoms with van der Waals surface area (Å²) in [6.45, 7) is 10.1. The third kappa shape index (κ3) is 3.28. The summed E-state index contributed by atoms with van der Waals surface area (Å²) in [6, 6.07) is 3.50. The van der Waals surface area contributed by atoms with Gasteiger partial charge in [0.15, 0.2) is 0 Å². The molecule has 2 aromatic rings. The van der Waals surface area contributed by atoms with Gasteiger partial charge in [-0.15, -0.1) is 0 Å². The minimum atomic E-state index is -2.86. The highest BCUT2D eigenvalue weighted by atomic mass is 19.3. The summed E-state index contributed by atoms with van der Waals surface area (Å²) < 4.78 is 40.7. The second-order valence-corrected chi connectivity index (χ2v) is 7.97. The zero-order valence-corrected chi connectivity index (χ0v) is 16.6. The second kappa shape index (κ2) is 6.90. The van der Waals surface area contributed by atoms with Gasteiger partial charge in [-0.05, 0) is 39.2 Å². The fourth-order valence-electron chi connectivity index (χ4n) is 3.71. The number of anilines is 1. The number of allylic oxidation sites excluding steroid dienone is 1. The summed E-state index contributed by atoms with van der Waals surface area (Å²) in [5.74, 6) is -0.358. The third-order valence-electron chi connectivity index (χ3n) is 5.89. The first-order valence-corrected chi connectivity index (χ1v) is 9.58. The molecule has 4 nitrogen and oxygen atoms in total. The van der Waals surface area contributed by atoms with E-state index in [-0.39, 0.29) is 11.1 Å². The fourth-order valence-corrected chi connectivity index (χ4v) is 3.71. The number of benzene rings is 1. The van der Waals surface area contributed by atoms with E-state index in [2.05, 4.69) is 33.7 Å². The maximum atomic E-state index is 14.6. The zero-order chi connectivity index (χ0) is 20.9. The van der Waals surface area contributed by atoms with E-state index >= 15 is 0 Å². The van der Waals surface area contributed by atoms with Crippen LogP contribution >= 0.6 is 0 Å². The molecule has 2 heterocycles. The Hall–Kier alpha value is -2.83. The number of hydrogen-bond donors (Lipinski definition) is 1. The van der Waals surface area contributed by atoms with Crippen molar-refractivity contribution in [1.82, 2.24) is 14.9 Å². The van der Waals surface area contributed by atoms with E-state index in [0.717, 1.165) is 40.7 Å². The van der Waals surface area contributed by atoms with Crippen molar-refractivity contribution in [3.05, 3.63) is 64.3 Å². The van der Waals surface area contributed by atoms with Crippen LogP contribution in [0.2, 0.25) is 0 Å². The van der Waals surface area contributed by atoms with Gasteiger partial charge in [-0.25, -0.2) is 23.1 Å². The predicted molar refractivity (Wildman–Crippen MR) is 107 cm³/mol. The summed E-state index contributed by atoms with van der Waals surface area (Å²) in [7, 11) is 0. The van der Waals surface area contributed by atoms with E-state index in [0.29, 0.717) is 5.82 Å². The maximum Gasteiger partial charge on any atom is 0.266 e. The number of rotatable bonds is 5. The van der Waals surface area contributed by atoms with Crippen molar-refractivity contribution in [3.63, 3.8) is 0 Å². The van der Waals surface area contributed by atoms with Gasteiger partial charge >= 0.3 is 0 Å². The van der Waals surface area contributed by atoms with Crippen LogP contribution in [0, 0.1) is 5.82 Å². The van der Waals surface area contributed by atoms with Gasteiger partial charge in [0.2, 0.25) is 0 Å². The van der Waals surface area contributed by atoms with Crippen LogP contribution in [0.15, 0.2) is 36.8 Å². The summed E-state index contributed by atoms with van der Waals surface area (Å²) in [5.41, 5.74) is 1.47. The topological polar surface area (TPSA) is 41.1 Å². The van der Waals surface area contributed by atoms with Crippen LogP contribution in [0.5, 0.6) is 0 Å². The lowest BCUT2D eigenvalue weighted by Crippen LogP contribution is -2.44. The zero-order valence-electron chi connectivity index (χ0n) is 16.6. The standard InChI is InChI=1S/C22H23F3N4/c1-12-14(3)29(22(4)8-9-22)10-17-19(12)26-11-27-21(17)28-13(2)15-6-5-7-16(18(15)23)20(24)25/h5-7,10-11,13,20H,3,8-9H2,1-2,4H3,(H,26,27,28)/t13-/m1/s1. The smallest absolute Gasteiger partial charge is 0.266 e. The number of aromatic nitrogens is 2. The summed E-state index contributed by atoms with van der Waals surface area (Å²) in [4.78, 5) is 10.9. The van der Waals surface area contributed by atoms with Crippen LogP contribution in [0.1, 0.15) is 57.2 Å². The highest BCUT2D eigenvalue weighted by Gasteiger charge is 2.44. The van der Waals surface area contributed by atoms with Gasteiger partial charge in [-0.3, -0.25) is 0 Å². The molecular formula is C22H23F3N4. The molecule has 0 radical (unpaired) electrons. The largest absolute Gasteiger partial charge is 0.363 e. The lowest BCUT2D eigenvalue weighted by molar-refractivity contribution is 0.146. The van der Waals surface area contributed by atoms with Crippen LogP contribution in [0.4, 0.5) is 19.0 Å². The Morgan fingerprint density at radius 3 is 2.55 bits per heavy atom. The van der Waals surface area contributed by atoms with Gasteiger partial charge in [0.05, 0.1) is 22.2 Å². The second-order valence-electron chi connectivity index (χ2n) is 7.97. The molecular weight excluding hydrogens is 377 g/mol. The molecule has 7 heteroatoms. The highest BCUT2D eigenvalue weighted by Crippen LogP contribution is 2.44. The van der Waals surface area contributed by atoms with Crippen molar-refractivity contribution in [2.24, 2.45) is 0 Å². The van der Waals surface area contributed by atoms with Crippen LogP contribution in [0.25, 0.3) is 11.8 Å². The summed E-state index contributed by atoms with van der Waals surface area (Å²) in [5, 5.41) is 4.74. The van der Waals surface area contributed by atoms with Gasteiger partial charge in [-0.1, -0.05) is 24.8 Å².